The molecule has 0 radical (unpaired) electrons. The summed E-state index contributed by atoms with van der Waals surface area (Å²) in [5, 5.41) is 0. The number of nitrogens with zero attached hydrogens (tertiary/aromatic N) is 2. The second-order valence-electron chi connectivity index (χ2n) is 5.72. The standard InChI is InChI=1S/C18H21ClN2S/c1-14(2)20-17-10-6-7-11-18(17)21(22-20)16(12-13-19)15-8-4-3-5-9-15/h3-11,14,16H,12-13H2,1-2H3/t16-/m1/s1. The summed E-state index contributed by atoms with van der Waals surface area (Å²) in [5.74, 6) is 0.653. The summed E-state index contributed by atoms with van der Waals surface area (Å²) in [5.41, 5.74) is 3.88. The molecule has 3 rings (SSSR count). The van der Waals surface area contributed by atoms with Crippen LogP contribution in [0.1, 0.15) is 31.9 Å². The summed E-state index contributed by atoms with van der Waals surface area (Å²) in [6.45, 7) is 4.46. The van der Waals surface area contributed by atoms with Gasteiger partial charge in [-0.15, -0.1) is 11.6 Å². The Bertz CT molecular complexity index is 617. The molecule has 22 heavy (non-hydrogen) atoms. The number of halogens is 1. The van der Waals surface area contributed by atoms with Crippen LogP contribution in [0.4, 0.5) is 11.4 Å². The van der Waals surface area contributed by atoms with Gasteiger partial charge in [-0.3, -0.25) is 8.61 Å². The molecule has 1 aliphatic heterocycles. The minimum atomic E-state index is 0.286. The highest BCUT2D eigenvalue weighted by Crippen LogP contribution is 2.50. The molecule has 1 heterocycles. The van der Waals surface area contributed by atoms with E-state index in [1.807, 2.05) is 0 Å². The van der Waals surface area contributed by atoms with Crippen molar-refractivity contribution in [2.24, 2.45) is 0 Å². The summed E-state index contributed by atoms with van der Waals surface area (Å²) >= 11 is 7.90. The molecule has 2 aromatic rings. The van der Waals surface area contributed by atoms with Crippen LogP contribution in [0.5, 0.6) is 0 Å². The smallest absolute Gasteiger partial charge is 0.0736 e. The minimum absolute atomic E-state index is 0.286. The van der Waals surface area contributed by atoms with E-state index in [0.29, 0.717) is 11.9 Å². The van der Waals surface area contributed by atoms with Crippen LogP contribution in [0, 0.1) is 0 Å². The van der Waals surface area contributed by atoms with Crippen molar-refractivity contribution in [3.63, 3.8) is 0 Å². The Hall–Kier alpha value is -1.32. The summed E-state index contributed by atoms with van der Waals surface area (Å²) in [7, 11) is 0. The van der Waals surface area contributed by atoms with Crippen molar-refractivity contribution in [3.8, 4) is 0 Å². The highest BCUT2D eigenvalue weighted by atomic mass is 35.5. The van der Waals surface area contributed by atoms with E-state index in [4.69, 9.17) is 11.6 Å². The van der Waals surface area contributed by atoms with Crippen molar-refractivity contribution in [2.75, 3.05) is 14.5 Å². The molecule has 0 bridgehead atoms. The third-order valence-electron chi connectivity index (χ3n) is 3.85. The molecule has 0 aliphatic carbocycles. The maximum Gasteiger partial charge on any atom is 0.0736 e. The van der Waals surface area contributed by atoms with E-state index in [1.165, 1.54) is 16.9 Å². The van der Waals surface area contributed by atoms with Crippen molar-refractivity contribution < 1.29 is 0 Å². The van der Waals surface area contributed by atoms with Gasteiger partial charge in [0.1, 0.15) is 0 Å². The minimum Gasteiger partial charge on any atom is -0.294 e. The molecule has 0 aromatic heterocycles. The summed E-state index contributed by atoms with van der Waals surface area (Å²) in [6, 6.07) is 20.0. The van der Waals surface area contributed by atoms with Crippen molar-refractivity contribution >= 4 is 35.1 Å². The lowest BCUT2D eigenvalue weighted by molar-refractivity contribution is 0.712. The topological polar surface area (TPSA) is 6.48 Å². The first-order valence-corrected chi connectivity index (χ1v) is 8.95. The first-order chi connectivity index (χ1) is 10.7. The van der Waals surface area contributed by atoms with Gasteiger partial charge >= 0.3 is 0 Å². The van der Waals surface area contributed by atoms with Crippen LogP contribution in [0.25, 0.3) is 0 Å². The molecule has 0 saturated carbocycles. The van der Waals surface area contributed by atoms with Crippen molar-refractivity contribution in [1.82, 2.24) is 0 Å². The maximum absolute atomic E-state index is 6.10. The van der Waals surface area contributed by atoms with Crippen LogP contribution in [0.2, 0.25) is 0 Å². The fraction of sp³-hybridized carbons (Fsp3) is 0.333. The average Bonchev–Trinajstić information content (AvgIpc) is 2.93. The lowest BCUT2D eigenvalue weighted by atomic mass is 10.0. The quantitative estimate of drug-likeness (QED) is 0.515. The SMILES string of the molecule is CC(C)N1SN([C@H](CCCl)c2ccccc2)c2ccccc21. The van der Waals surface area contributed by atoms with E-state index in [-0.39, 0.29) is 6.04 Å². The Morgan fingerprint density at radius 1 is 0.909 bits per heavy atom. The number of anilines is 2. The highest BCUT2D eigenvalue weighted by Gasteiger charge is 2.33. The lowest BCUT2D eigenvalue weighted by Gasteiger charge is -2.29. The van der Waals surface area contributed by atoms with Gasteiger partial charge in [0.25, 0.3) is 0 Å². The van der Waals surface area contributed by atoms with Crippen molar-refractivity contribution in [3.05, 3.63) is 60.2 Å². The van der Waals surface area contributed by atoms with Gasteiger partial charge in [-0.1, -0.05) is 42.5 Å². The Kier molecular flexibility index (Phi) is 4.84. The van der Waals surface area contributed by atoms with E-state index >= 15 is 0 Å². The zero-order valence-corrected chi connectivity index (χ0v) is 14.5. The van der Waals surface area contributed by atoms with Gasteiger partial charge in [-0.2, -0.15) is 0 Å². The van der Waals surface area contributed by atoms with Gasteiger partial charge in [0.05, 0.1) is 29.6 Å². The van der Waals surface area contributed by atoms with Gasteiger partial charge in [-0.25, -0.2) is 0 Å². The Labute approximate surface area is 142 Å². The molecule has 0 fully saturated rings. The third kappa shape index (κ3) is 2.92. The van der Waals surface area contributed by atoms with E-state index in [2.05, 4.69) is 77.1 Å². The van der Waals surface area contributed by atoms with Crippen LogP contribution in [-0.2, 0) is 0 Å². The predicted molar refractivity (Wildman–Crippen MR) is 98.6 cm³/mol. The second kappa shape index (κ2) is 6.84. The molecule has 1 atom stereocenters. The Morgan fingerprint density at radius 2 is 1.50 bits per heavy atom. The van der Waals surface area contributed by atoms with E-state index in [0.717, 1.165) is 6.42 Å². The number of fused-ring (bicyclic) bond motifs is 1. The van der Waals surface area contributed by atoms with E-state index in [9.17, 15) is 0 Å². The molecule has 2 nitrogen and oxygen atoms in total. The largest absolute Gasteiger partial charge is 0.294 e. The molecule has 2 aromatic carbocycles. The molecule has 0 amide bonds. The first kappa shape index (κ1) is 15.6. The molecule has 0 unspecified atom stereocenters. The molecule has 1 aliphatic rings. The predicted octanol–water partition coefficient (Wildman–Crippen LogP) is 5.65. The molecule has 0 N–H and O–H groups in total. The fourth-order valence-electron chi connectivity index (χ4n) is 2.81. The van der Waals surface area contributed by atoms with Crippen LogP contribution in [0.15, 0.2) is 54.6 Å². The van der Waals surface area contributed by atoms with Crippen molar-refractivity contribution in [1.29, 1.82) is 0 Å². The normalized spacial score (nSPS) is 15.3. The summed E-state index contributed by atoms with van der Waals surface area (Å²) in [4.78, 5) is 0. The van der Waals surface area contributed by atoms with Gasteiger partial charge in [0.2, 0.25) is 0 Å². The number of para-hydroxylation sites is 2. The zero-order chi connectivity index (χ0) is 15.5. The molecular formula is C18H21ClN2S. The second-order valence-corrected chi connectivity index (χ2v) is 7.05. The number of alkyl halides is 1. The van der Waals surface area contributed by atoms with Crippen LogP contribution in [-0.4, -0.2) is 11.9 Å². The van der Waals surface area contributed by atoms with E-state index in [1.54, 1.807) is 12.1 Å². The van der Waals surface area contributed by atoms with Gasteiger partial charge in [0, 0.05) is 11.9 Å². The summed E-state index contributed by atoms with van der Waals surface area (Å²) < 4.78 is 4.78. The number of hydrogen-bond donors (Lipinski definition) is 0. The maximum atomic E-state index is 6.10. The molecule has 116 valence electrons. The number of benzene rings is 2. The Morgan fingerprint density at radius 3 is 2.09 bits per heavy atom. The van der Waals surface area contributed by atoms with E-state index < -0.39 is 0 Å². The number of rotatable bonds is 5. The molecule has 4 heteroatoms. The monoisotopic (exact) mass is 332 g/mol. The van der Waals surface area contributed by atoms with Crippen LogP contribution in [0.3, 0.4) is 0 Å². The number of hydrogen-bond acceptors (Lipinski definition) is 3. The van der Waals surface area contributed by atoms with Gasteiger partial charge in [-0.05, 0) is 38.0 Å². The molecular weight excluding hydrogens is 312 g/mol. The average molecular weight is 333 g/mol. The summed E-state index contributed by atoms with van der Waals surface area (Å²) in [6.07, 6.45) is 0.929. The van der Waals surface area contributed by atoms with Crippen LogP contribution < -0.4 is 8.61 Å². The highest BCUT2D eigenvalue weighted by molar-refractivity contribution is 8.02. The zero-order valence-electron chi connectivity index (χ0n) is 12.9. The van der Waals surface area contributed by atoms with Crippen molar-refractivity contribution in [2.45, 2.75) is 32.4 Å². The molecule has 0 saturated heterocycles. The van der Waals surface area contributed by atoms with Gasteiger partial charge in [0.15, 0.2) is 0 Å². The lowest BCUT2D eigenvalue weighted by Crippen LogP contribution is -2.25. The third-order valence-corrected chi connectivity index (χ3v) is 5.49. The Balaban J connectivity index is 1.99. The van der Waals surface area contributed by atoms with Crippen LogP contribution >= 0.6 is 23.7 Å². The molecule has 0 spiro atoms. The van der Waals surface area contributed by atoms with Gasteiger partial charge < -0.3 is 0 Å². The first-order valence-electron chi connectivity index (χ1n) is 7.69. The fourth-order valence-corrected chi connectivity index (χ4v) is 4.23.